The minimum atomic E-state index is -1.46. The summed E-state index contributed by atoms with van der Waals surface area (Å²) in [6.45, 7) is 0.626. The molecule has 0 saturated carbocycles. The fraction of sp³-hybridized carbons (Fsp3) is 0.500. The molecular formula is C14H18N2O8. The number of nitrogens with one attached hydrogen (secondary N) is 1. The van der Waals surface area contributed by atoms with Crippen LogP contribution in [0, 0.1) is 10.1 Å². The number of hydrogen-bond donors (Lipinski definition) is 4. The predicted molar refractivity (Wildman–Crippen MR) is 79.1 cm³/mol. The molecule has 5 atom stereocenters. The number of rotatable bonds is 5. The first-order valence-corrected chi connectivity index (χ1v) is 7.14. The van der Waals surface area contributed by atoms with Gasteiger partial charge >= 0.3 is 0 Å². The molecule has 1 aromatic carbocycles. The molecule has 1 aliphatic rings. The molecule has 4 N–H and O–H groups in total. The van der Waals surface area contributed by atoms with Gasteiger partial charge in [-0.3, -0.25) is 14.9 Å². The van der Waals surface area contributed by atoms with E-state index in [0.717, 1.165) is 6.07 Å². The molecule has 1 aromatic rings. The Labute approximate surface area is 136 Å². The van der Waals surface area contributed by atoms with Gasteiger partial charge in [-0.1, -0.05) is 6.07 Å². The Morgan fingerprint density at radius 3 is 2.71 bits per heavy atom. The zero-order chi connectivity index (χ0) is 17.9. The van der Waals surface area contributed by atoms with E-state index in [4.69, 9.17) is 9.47 Å². The molecule has 132 valence electrons. The van der Waals surface area contributed by atoms with Gasteiger partial charge in [0.2, 0.25) is 12.2 Å². The second kappa shape index (κ2) is 7.53. The Morgan fingerprint density at radius 2 is 2.12 bits per heavy atom. The smallest absolute Gasteiger partial charge is 0.273 e. The van der Waals surface area contributed by atoms with E-state index >= 15 is 0 Å². The normalized spacial score (nSPS) is 29.8. The third kappa shape index (κ3) is 3.97. The largest absolute Gasteiger partial charge is 0.462 e. The summed E-state index contributed by atoms with van der Waals surface area (Å²) in [7, 11) is 0. The van der Waals surface area contributed by atoms with Gasteiger partial charge < -0.3 is 30.1 Å². The number of aliphatic hydroxyl groups excluding tert-OH is 3. The highest BCUT2D eigenvalue weighted by atomic mass is 16.7. The van der Waals surface area contributed by atoms with Crippen molar-refractivity contribution in [1.29, 1.82) is 0 Å². The molecule has 0 radical (unpaired) electrons. The highest BCUT2D eigenvalue weighted by molar-refractivity contribution is 5.73. The van der Waals surface area contributed by atoms with E-state index < -0.39 is 48.1 Å². The molecule has 0 aromatic heterocycles. The number of benzene rings is 1. The van der Waals surface area contributed by atoms with Crippen molar-refractivity contribution >= 4 is 11.6 Å². The second-order valence-electron chi connectivity index (χ2n) is 5.31. The highest BCUT2D eigenvalue weighted by Crippen LogP contribution is 2.26. The quantitative estimate of drug-likeness (QED) is 0.389. The Balaban J connectivity index is 2.24. The van der Waals surface area contributed by atoms with E-state index in [1.807, 2.05) is 0 Å². The van der Waals surface area contributed by atoms with Crippen molar-refractivity contribution in [2.75, 3.05) is 6.61 Å². The molecule has 0 spiro atoms. The number of non-ortho nitro benzene ring substituents is 1. The molecule has 24 heavy (non-hydrogen) atoms. The van der Waals surface area contributed by atoms with Crippen molar-refractivity contribution in [2.45, 2.75) is 37.6 Å². The summed E-state index contributed by atoms with van der Waals surface area (Å²) in [5.74, 6) is -0.422. The Hall–Kier alpha value is -2.27. The van der Waals surface area contributed by atoms with Crippen LogP contribution in [0.4, 0.5) is 5.69 Å². The van der Waals surface area contributed by atoms with Gasteiger partial charge in [0.1, 0.15) is 30.1 Å². The minimum absolute atomic E-state index is 0.0739. The topological polar surface area (TPSA) is 151 Å². The maximum Gasteiger partial charge on any atom is 0.273 e. The molecule has 1 aliphatic heterocycles. The Morgan fingerprint density at radius 1 is 1.42 bits per heavy atom. The number of nitrogens with zero attached hydrogens (tertiary/aromatic N) is 1. The lowest BCUT2D eigenvalue weighted by Crippen LogP contribution is -2.65. The summed E-state index contributed by atoms with van der Waals surface area (Å²) in [4.78, 5) is 21.5. The average Bonchev–Trinajstić information content (AvgIpc) is 2.54. The molecule has 0 bridgehead atoms. The number of nitro groups is 1. The molecular weight excluding hydrogens is 324 g/mol. The van der Waals surface area contributed by atoms with Crippen molar-refractivity contribution in [3.05, 3.63) is 34.4 Å². The summed E-state index contributed by atoms with van der Waals surface area (Å²) >= 11 is 0. The van der Waals surface area contributed by atoms with Crippen LogP contribution in [0.1, 0.15) is 6.92 Å². The zero-order valence-corrected chi connectivity index (χ0v) is 12.7. The van der Waals surface area contributed by atoms with Gasteiger partial charge in [0.15, 0.2) is 0 Å². The van der Waals surface area contributed by atoms with Crippen molar-refractivity contribution in [2.24, 2.45) is 0 Å². The lowest BCUT2D eigenvalue weighted by atomic mass is 9.97. The summed E-state index contributed by atoms with van der Waals surface area (Å²) in [5.41, 5.74) is -0.210. The minimum Gasteiger partial charge on any atom is -0.462 e. The van der Waals surface area contributed by atoms with E-state index in [2.05, 4.69) is 5.32 Å². The number of carbonyl (C=O) groups excluding carboxylic acids is 1. The fourth-order valence-corrected chi connectivity index (χ4v) is 2.38. The number of hydrogen-bond acceptors (Lipinski definition) is 8. The van der Waals surface area contributed by atoms with E-state index in [1.54, 1.807) is 0 Å². The first-order valence-electron chi connectivity index (χ1n) is 7.14. The second-order valence-corrected chi connectivity index (χ2v) is 5.31. The summed E-state index contributed by atoms with van der Waals surface area (Å²) in [5, 5.41) is 42.4. The maximum absolute atomic E-state index is 11.3. The van der Waals surface area contributed by atoms with Crippen molar-refractivity contribution in [3.63, 3.8) is 0 Å². The van der Waals surface area contributed by atoms with Crippen LogP contribution in [0.3, 0.4) is 0 Å². The lowest BCUT2D eigenvalue weighted by Gasteiger charge is -2.42. The van der Waals surface area contributed by atoms with Crippen LogP contribution in [0.15, 0.2) is 24.3 Å². The molecule has 1 amide bonds. The van der Waals surface area contributed by atoms with Gasteiger partial charge in [-0.05, 0) is 6.07 Å². The Kier molecular flexibility index (Phi) is 5.67. The molecule has 1 heterocycles. The molecule has 10 heteroatoms. The first-order chi connectivity index (χ1) is 11.3. The molecule has 2 rings (SSSR count). The standard InChI is InChI=1S/C14H18N2O8/c1-7(18)15-11-13(20)12(19)10(6-17)24-14(11)23-9-4-2-3-8(5-9)16(21)22/h2-5,10-14,17,19-20H,6H2,1H3,(H,15,18)/t10-,11-,12+,13+,14+/m1/s1. The number of nitro benzene ring substituents is 1. The van der Waals surface area contributed by atoms with E-state index in [0.29, 0.717) is 0 Å². The van der Waals surface area contributed by atoms with Crippen molar-refractivity contribution in [1.82, 2.24) is 5.32 Å². The molecule has 0 aliphatic carbocycles. The van der Waals surface area contributed by atoms with Crippen LogP contribution >= 0.6 is 0 Å². The van der Waals surface area contributed by atoms with Gasteiger partial charge in [0.25, 0.3) is 5.69 Å². The number of amides is 1. The first kappa shape index (κ1) is 18.1. The maximum atomic E-state index is 11.3. The summed E-state index contributed by atoms with van der Waals surface area (Å²) in [6.07, 6.45) is -5.28. The number of carbonyl (C=O) groups is 1. The zero-order valence-electron chi connectivity index (χ0n) is 12.7. The van der Waals surface area contributed by atoms with Crippen molar-refractivity contribution < 1.29 is 34.5 Å². The van der Waals surface area contributed by atoms with Gasteiger partial charge in [0, 0.05) is 13.0 Å². The number of ether oxygens (including phenoxy) is 2. The van der Waals surface area contributed by atoms with Crippen LogP contribution in [0.25, 0.3) is 0 Å². The van der Waals surface area contributed by atoms with E-state index in [1.165, 1.54) is 25.1 Å². The van der Waals surface area contributed by atoms with E-state index in [-0.39, 0.29) is 11.4 Å². The van der Waals surface area contributed by atoms with E-state index in [9.17, 15) is 30.2 Å². The SMILES string of the molecule is CC(=O)N[C@H]1[C@@H](Oc2cccc([N+](=O)[O-])c2)O[C@H](CO)[C@H](O)[C@H]1O. The molecule has 10 nitrogen and oxygen atoms in total. The van der Waals surface area contributed by atoms with Gasteiger partial charge in [-0.15, -0.1) is 0 Å². The Bertz CT molecular complexity index is 610. The van der Waals surface area contributed by atoms with Gasteiger partial charge in [-0.25, -0.2) is 0 Å². The van der Waals surface area contributed by atoms with Crippen LogP contribution < -0.4 is 10.1 Å². The average molecular weight is 342 g/mol. The molecule has 1 saturated heterocycles. The molecule has 1 fully saturated rings. The van der Waals surface area contributed by atoms with Gasteiger partial charge in [0.05, 0.1) is 17.6 Å². The highest BCUT2D eigenvalue weighted by Gasteiger charge is 2.46. The predicted octanol–water partition coefficient (Wildman–Crippen LogP) is -1.08. The van der Waals surface area contributed by atoms with Crippen molar-refractivity contribution in [3.8, 4) is 5.75 Å². The van der Waals surface area contributed by atoms with Crippen LogP contribution in [0.5, 0.6) is 5.75 Å². The fourth-order valence-electron chi connectivity index (χ4n) is 2.38. The monoisotopic (exact) mass is 342 g/mol. The third-order valence-electron chi connectivity index (χ3n) is 3.53. The number of aliphatic hydroxyl groups is 3. The van der Waals surface area contributed by atoms with Crippen LogP contribution in [-0.4, -0.2) is 63.4 Å². The summed E-state index contributed by atoms with van der Waals surface area (Å²) in [6, 6.07) is 4.14. The summed E-state index contributed by atoms with van der Waals surface area (Å²) < 4.78 is 10.9. The van der Waals surface area contributed by atoms with Gasteiger partial charge in [-0.2, -0.15) is 0 Å². The third-order valence-corrected chi connectivity index (χ3v) is 3.53. The lowest BCUT2D eigenvalue weighted by molar-refractivity contribution is -0.385. The van der Waals surface area contributed by atoms with Crippen LogP contribution in [0.2, 0.25) is 0 Å². The van der Waals surface area contributed by atoms with Crippen LogP contribution in [-0.2, 0) is 9.53 Å². The molecule has 0 unspecified atom stereocenters.